The molecule has 0 radical (unpaired) electrons. The van der Waals surface area contributed by atoms with Crippen LogP contribution in [0.1, 0.15) is 11.1 Å². The zero-order valence-corrected chi connectivity index (χ0v) is 15.7. The van der Waals surface area contributed by atoms with E-state index >= 15 is 0 Å². The van der Waals surface area contributed by atoms with E-state index in [9.17, 15) is 22.0 Å². The highest BCUT2D eigenvalue weighted by molar-refractivity contribution is 7.89. The van der Waals surface area contributed by atoms with Crippen LogP contribution in [0.3, 0.4) is 0 Å². The van der Waals surface area contributed by atoms with Crippen LogP contribution in [0.4, 0.5) is 20.2 Å². The molecule has 1 aliphatic rings. The summed E-state index contributed by atoms with van der Waals surface area (Å²) in [5.41, 5.74) is 1.62. The lowest BCUT2D eigenvalue weighted by molar-refractivity contribution is -0.115. The normalized spacial score (nSPS) is 13.6. The first-order valence-electron chi connectivity index (χ1n) is 8.28. The number of benzene rings is 2. The van der Waals surface area contributed by atoms with Crippen LogP contribution in [0.25, 0.3) is 0 Å². The van der Waals surface area contributed by atoms with Crippen molar-refractivity contribution in [3.05, 3.63) is 53.1 Å². The number of amides is 1. The Labute approximate surface area is 156 Å². The summed E-state index contributed by atoms with van der Waals surface area (Å²) in [7, 11) is -2.35. The molecule has 0 fully saturated rings. The molecule has 6 nitrogen and oxygen atoms in total. The molecule has 0 saturated heterocycles. The first-order chi connectivity index (χ1) is 12.7. The topological polar surface area (TPSA) is 78.5 Å². The van der Waals surface area contributed by atoms with Gasteiger partial charge in [0.1, 0.15) is 11.6 Å². The second kappa shape index (κ2) is 7.24. The number of nitrogens with zero attached hydrogens (tertiary/aromatic N) is 1. The SMILES string of the molecule is CNS(=O)(=O)c1cc(NC(=O)CN2CCc3c(F)cc(F)cc32)ccc1C. The summed E-state index contributed by atoms with van der Waals surface area (Å²) >= 11 is 0. The number of anilines is 2. The molecule has 0 aliphatic carbocycles. The zero-order chi connectivity index (χ0) is 19.8. The number of sulfonamides is 1. The van der Waals surface area contributed by atoms with Gasteiger partial charge in [-0.2, -0.15) is 0 Å². The molecule has 27 heavy (non-hydrogen) atoms. The van der Waals surface area contributed by atoms with Crippen LogP contribution >= 0.6 is 0 Å². The Morgan fingerprint density at radius 1 is 1.22 bits per heavy atom. The second-order valence-electron chi connectivity index (χ2n) is 6.29. The van der Waals surface area contributed by atoms with Crippen molar-refractivity contribution < 1.29 is 22.0 Å². The molecular weight excluding hydrogens is 376 g/mol. The molecule has 2 aromatic carbocycles. The third-order valence-corrected chi connectivity index (χ3v) is 6.03. The van der Waals surface area contributed by atoms with Crippen LogP contribution < -0.4 is 14.9 Å². The number of aryl methyl sites for hydroxylation is 1. The Hall–Kier alpha value is -2.52. The Bertz CT molecular complexity index is 1010. The number of rotatable bonds is 5. The van der Waals surface area contributed by atoms with Crippen molar-refractivity contribution in [3.63, 3.8) is 0 Å². The van der Waals surface area contributed by atoms with Gasteiger partial charge in [0.25, 0.3) is 0 Å². The van der Waals surface area contributed by atoms with Crippen LogP contribution in [0.5, 0.6) is 0 Å². The third kappa shape index (κ3) is 3.93. The minimum absolute atomic E-state index is 0.0680. The van der Waals surface area contributed by atoms with Gasteiger partial charge in [0.2, 0.25) is 15.9 Å². The summed E-state index contributed by atoms with van der Waals surface area (Å²) in [5, 5.41) is 2.63. The lowest BCUT2D eigenvalue weighted by Gasteiger charge is -2.19. The van der Waals surface area contributed by atoms with Crippen molar-refractivity contribution >= 4 is 27.3 Å². The molecule has 0 aromatic heterocycles. The van der Waals surface area contributed by atoms with E-state index in [0.717, 1.165) is 6.07 Å². The van der Waals surface area contributed by atoms with Crippen LogP contribution in [0, 0.1) is 18.6 Å². The smallest absolute Gasteiger partial charge is 0.243 e. The van der Waals surface area contributed by atoms with E-state index in [0.29, 0.717) is 35.5 Å². The summed E-state index contributed by atoms with van der Waals surface area (Å²) < 4.78 is 53.6. The van der Waals surface area contributed by atoms with E-state index in [-0.39, 0.29) is 11.4 Å². The van der Waals surface area contributed by atoms with Crippen molar-refractivity contribution in [3.8, 4) is 0 Å². The number of carbonyl (C=O) groups excluding carboxylic acids is 1. The first-order valence-corrected chi connectivity index (χ1v) is 9.76. The fourth-order valence-corrected chi connectivity index (χ4v) is 4.10. The third-order valence-electron chi connectivity index (χ3n) is 4.47. The van der Waals surface area contributed by atoms with Gasteiger partial charge in [0.15, 0.2) is 0 Å². The molecule has 2 aromatic rings. The molecule has 1 heterocycles. The predicted molar refractivity (Wildman–Crippen MR) is 98.3 cm³/mol. The van der Waals surface area contributed by atoms with Crippen LogP contribution in [0.2, 0.25) is 0 Å². The van der Waals surface area contributed by atoms with Gasteiger partial charge in [-0.05, 0) is 44.2 Å². The molecule has 144 valence electrons. The van der Waals surface area contributed by atoms with Crippen molar-refractivity contribution in [2.75, 3.05) is 30.4 Å². The van der Waals surface area contributed by atoms with E-state index in [4.69, 9.17) is 0 Å². The number of fused-ring (bicyclic) bond motifs is 1. The van der Waals surface area contributed by atoms with E-state index in [1.54, 1.807) is 24.0 Å². The lowest BCUT2D eigenvalue weighted by atomic mass is 10.1. The quantitative estimate of drug-likeness (QED) is 0.814. The van der Waals surface area contributed by atoms with Crippen LogP contribution in [-0.4, -0.2) is 34.5 Å². The Morgan fingerprint density at radius 3 is 2.67 bits per heavy atom. The highest BCUT2D eigenvalue weighted by Crippen LogP contribution is 2.31. The Balaban J connectivity index is 1.76. The maximum atomic E-state index is 13.8. The predicted octanol–water partition coefficient (Wildman–Crippen LogP) is 2.18. The molecular formula is C18H19F2N3O3S. The number of carbonyl (C=O) groups is 1. The van der Waals surface area contributed by atoms with Gasteiger partial charge < -0.3 is 10.2 Å². The van der Waals surface area contributed by atoms with Gasteiger partial charge in [0.05, 0.1) is 11.4 Å². The fourth-order valence-electron chi connectivity index (χ4n) is 3.10. The molecule has 0 bridgehead atoms. The van der Waals surface area contributed by atoms with Gasteiger partial charge in [-0.1, -0.05) is 6.07 Å². The fraction of sp³-hybridized carbons (Fsp3) is 0.278. The summed E-state index contributed by atoms with van der Waals surface area (Å²) in [6.07, 6.45) is 0.393. The molecule has 0 spiro atoms. The number of nitrogens with one attached hydrogen (secondary N) is 2. The van der Waals surface area contributed by atoms with E-state index in [1.165, 1.54) is 19.2 Å². The second-order valence-corrected chi connectivity index (χ2v) is 8.15. The molecule has 1 aliphatic heterocycles. The average molecular weight is 395 g/mol. The standard InChI is InChI=1S/C18H19F2N3O3S/c1-11-3-4-13(9-17(11)27(25,26)21-2)22-18(24)10-23-6-5-14-15(20)7-12(19)8-16(14)23/h3-4,7-9,21H,5-6,10H2,1-2H3,(H,22,24). The zero-order valence-electron chi connectivity index (χ0n) is 14.8. The molecule has 0 saturated carbocycles. The first kappa shape index (κ1) is 19.2. The lowest BCUT2D eigenvalue weighted by Crippen LogP contribution is -2.32. The van der Waals surface area contributed by atoms with Crippen LogP contribution in [0.15, 0.2) is 35.2 Å². The average Bonchev–Trinajstić information content (AvgIpc) is 2.99. The molecule has 1 amide bonds. The molecule has 0 atom stereocenters. The van der Waals surface area contributed by atoms with Crippen molar-refractivity contribution in [2.24, 2.45) is 0 Å². The number of halogens is 2. The maximum Gasteiger partial charge on any atom is 0.243 e. The maximum absolute atomic E-state index is 13.8. The van der Waals surface area contributed by atoms with Crippen molar-refractivity contribution in [1.82, 2.24) is 4.72 Å². The molecule has 3 rings (SSSR count). The number of hydrogen-bond acceptors (Lipinski definition) is 4. The minimum atomic E-state index is -3.65. The van der Waals surface area contributed by atoms with Crippen molar-refractivity contribution in [1.29, 1.82) is 0 Å². The van der Waals surface area contributed by atoms with E-state index in [1.807, 2.05) is 0 Å². The number of hydrogen-bond donors (Lipinski definition) is 2. The van der Waals surface area contributed by atoms with E-state index < -0.39 is 27.6 Å². The van der Waals surface area contributed by atoms with Gasteiger partial charge in [0, 0.05) is 29.5 Å². The largest absolute Gasteiger partial charge is 0.361 e. The molecule has 2 N–H and O–H groups in total. The van der Waals surface area contributed by atoms with Gasteiger partial charge >= 0.3 is 0 Å². The summed E-state index contributed by atoms with van der Waals surface area (Å²) in [4.78, 5) is 14.0. The summed E-state index contributed by atoms with van der Waals surface area (Å²) in [6, 6.07) is 6.60. The van der Waals surface area contributed by atoms with Crippen molar-refractivity contribution in [2.45, 2.75) is 18.2 Å². The highest BCUT2D eigenvalue weighted by Gasteiger charge is 2.25. The van der Waals surface area contributed by atoms with Gasteiger partial charge in [-0.15, -0.1) is 0 Å². The molecule has 0 unspecified atom stereocenters. The Morgan fingerprint density at radius 2 is 1.96 bits per heavy atom. The van der Waals surface area contributed by atoms with Crippen LogP contribution in [-0.2, 0) is 21.2 Å². The van der Waals surface area contributed by atoms with E-state index in [2.05, 4.69) is 10.0 Å². The van der Waals surface area contributed by atoms with Gasteiger partial charge in [-0.3, -0.25) is 4.79 Å². The van der Waals surface area contributed by atoms with Gasteiger partial charge in [-0.25, -0.2) is 21.9 Å². The monoisotopic (exact) mass is 395 g/mol. The summed E-state index contributed by atoms with van der Waals surface area (Å²) in [6.45, 7) is 1.95. The molecule has 9 heteroatoms. The highest BCUT2D eigenvalue weighted by atomic mass is 32.2. The Kier molecular flexibility index (Phi) is 5.16. The minimum Gasteiger partial charge on any atom is -0.361 e. The summed E-state index contributed by atoms with van der Waals surface area (Å²) in [5.74, 6) is -1.73.